The maximum Gasteiger partial charge on any atom is 0.167 e. The van der Waals surface area contributed by atoms with E-state index in [1.54, 1.807) is 0 Å². The molecule has 0 atom stereocenters. The summed E-state index contributed by atoms with van der Waals surface area (Å²) >= 11 is 1.88. The van der Waals surface area contributed by atoms with Crippen LogP contribution in [0.15, 0.2) is 144 Å². The fourth-order valence-corrected chi connectivity index (χ4v) is 8.84. The highest BCUT2D eigenvalue weighted by Gasteiger charge is 2.27. The number of thiophene rings is 1. The molecule has 0 aliphatic heterocycles. The Hall–Kier alpha value is -6.17. The maximum atomic E-state index is 6.43. The average molecular weight is 630 g/mol. The molecule has 1 aliphatic rings. The van der Waals surface area contributed by atoms with Gasteiger partial charge < -0.3 is 4.42 Å². The lowest BCUT2D eigenvalue weighted by Gasteiger charge is -2.12. The van der Waals surface area contributed by atoms with Gasteiger partial charge in [0.25, 0.3) is 0 Å². The second-order valence-electron chi connectivity index (χ2n) is 12.3. The molecule has 3 heterocycles. The average Bonchev–Trinajstić information content (AvgIpc) is 3.82. The number of hydrogen-bond donors (Lipinski definition) is 0. The summed E-state index contributed by atoms with van der Waals surface area (Å²) in [7, 11) is 0. The van der Waals surface area contributed by atoms with Crippen molar-refractivity contribution in [3.05, 3.63) is 140 Å². The predicted molar refractivity (Wildman–Crippen MR) is 198 cm³/mol. The Balaban J connectivity index is 1.17. The van der Waals surface area contributed by atoms with Gasteiger partial charge in [-0.05, 0) is 51.7 Å². The molecule has 48 heavy (non-hydrogen) atoms. The van der Waals surface area contributed by atoms with Crippen molar-refractivity contribution in [3.63, 3.8) is 0 Å². The van der Waals surface area contributed by atoms with Gasteiger partial charge in [-0.25, -0.2) is 15.0 Å². The van der Waals surface area contributed by atoms with Crippen LogP contribution in [0.3, 0.4) is 0 Å². The molecule has 0 spiro atoms. The minimum atomic E-state index is 0.585. The minimum absolute atomic E-state index is 0.585. The van der Waals surface area contributed by atoms with Crippen LogP contribution in [0, 0.1) is 0 Å². The Morgan fingerprint density at radius 1 is 0.417 bits per heavy atom. The Kier molecular flexibility index (Phi) is 5.23. The van der Waals surface area contributed by atoms with Crippen LogP contribution in [0.5, 0.6) is 0 Å². The molecular weight excluding hydrogens is 607 g/mol. The molecule has 10 aromatic rings. The van der Waals surface area contributed by atoms with Gasteiger partial charge >= 0.3 is 0 Å². The van der Waals surface area contributed by atoms with Crippen molar-refractivity contribution in [2.75, 3.05) is 0 Å². The number of hydrogen-bond acceptors (Lipinski definition) is 5. The van der Waals surface area contributed by atoms with Crippen molar-refractivity contribution >= 4 is 64.2 Å². The van der Waals surface area contributed by atoms with E-state index in [1.165, 1.54) is 47.8 Å². The number of benzene rings is 7. The molecule has 0 fully saturated rings. The Morgan fingerprint density at radius 2 is 1.08 bits per heavy atom. The number of rotatable bonds is 3. The third-order valence-electron chi connectivity index (χ3n) is 9.70. The van der Waals surface area contributed by atoms with Crippen LogP contribution in [0.1, 0.15) is 0 Å². The van der Waals surface area contributed by atoms with Crippen LogP contribution in [0.2, 0.25) is 0 Å². The Labute approximate surface area is 278 Å². The van der Waals surface area contributed by atoms with E-state index in [9.17, 15) is 0 Å². The van der Waals surface area contributed by atoms with Gasteiger partial charge in [-0.15, -0.1) is 11.3 Å². The first-order valence-corrected chi connectivity index (χ1v) is 16.8. The fraction of sp³-hybridized carbons (Fsp3) is 0. The minimum Gasteiger partial charge on any atom is -0.455 e. The van der Waals surface area contributed by atoms with Crippen LogP contribution in [-0.4, -0.2) is 15.0 Å². The lowest BCUT2D eigenvalue weighted by Crippen LogP contribution is -2.00. The second kappa shape index (κ2) is 9.67. The van der Waals surface area contributed by atoms with E-state index in [1.807, 2.05) is 65.9 Å². The largest absolute Gasteiger partial charge is 0.455 e. The number of para-hydroxylation sites is 2. The molecule has 222 valence electrons. The quantitative estimate of drug-likeness (QED) is 0.195. The molecule has 0 radical (unpaired) electrons. The monoisotopic (exact) mass is 629 g/mol. The van der Waals surface area contributed by atoms with Gasteiger partial charge in [0.1, 0.15) is 11.2 Å². The highest BCUT2D eigenvalue weighted by Crippen LogP contribution is 2.54. The van der Waals surface area contributed by atoms with E-state index in [0.717, 1.165) is 44.0 Å². The highest BCUT2D eigenvalue weighted by atomic mass is 32.1. The summed E-state index contributed by atoms with van der Waals surface area (Å²) in [5, 5.41) is 7.13. The van der Waals surface area contributed by atoms with E-state index in [2.05, 4.69) is 84.9 Å². The summed E-state index contributed by atoms with van der Waals surface area (Å²) in [5.41, 5.74) is 9.50. The van der Waals surface area contributed by atoms with E-state index < -0.39 is 0 Å². The normalized spacial score (nSPS) is 12.2. The standard InChI is InChI=1S/C43H23N3OS/c1-2-10-24(11-3-1)41-44-42(46-43(45-41)34-17-9-16-30-25-12-4-6-18-35(25)47-39(30)34)32-22-23-33-37-27(14-8-15-28(32)37)29-20-21-31-26-13-5-7-19-36(26)48-40(31)38(29)33/h1-23H. The van der Waals surface area contributed by atoms with Crippen molar-refractivity contribution in [2.45, 2.75) is 0 Å². The number of fused-ring (bicyclic) bond motifs is 10. The molecule has 5 heteroatoms. The third-order valence-corrected chi connectivity index (χ3v) is 10.9. The smallest absolute Gasteiger partial charge is 0.167 e. The molecule has 4 nitrogen and oxygen atoms in total. The SMILES string of the molecule is c1ccc(-c2nc(-c3ccc4c5c(cccc35)-c3ccc5c(sc6ccccc65)c3-4)nc(-c3cccc4c3oc3ccccc34)n2)cc1. The van der Waals surface area contributed by atoms with Crippen molar-refractivity contribution in [3.8, 4) is 56.4 Å². The van der Waals surface area contributed by atoms with E-state index in [0.29, 0.717) is 17.5 Å². The van der Waals surface area contributed by atoms with Gasteiger partial charge in [-0.1, -0.05) is 115 Å². The van der Waals surface area contributed by atoms with Crippen LogP contribution in [0.25, 0.3) is 109 Å². The predicted octanol–water partition coefficient (Wildman–Crippen LogP) is 11.9. The zero-order chi connectivity index (χ0) is 31.3. The summed E-state index contributed by atoms with van der Waals surface area (Å²) in [6.07, 6.45) is 0. The first kappa shape index (κ1) is 26.0. The van der Waals surface area contributed by atoms with Crippen LogP contribution >= 0.6 is 11.3 Å². The van der Waals surface area contributed by atoms with Gasteiger partial charge in [0, 0.05) is 47.6 Å². The first-order chi connectivity index (χ1) is 23.8. The van der Waals surface area contributed by atoms with Crippen molar-refractivity contribution in [1.29, 1.82) is 0 Å². The van der Waals surface area contributed by atoms with Gasteiger partial charge in [-0.2, -0.15) is 0 Å². The zero-order valence-corrected chi connectivity index (χ0v) is 26.3. The molecule has 3 aromatic heterocycles. The summed E-state index contributed by atoms with van der Waals surface area (Å²) in [4.78, 5) is 15.4. The van der Waals surface area contributed by atoms with Gasteiger partial charge in [-0.3, -0.25) is 0 Å². The first-order valence-electron chi connectivity index (χ1n) is 16.0. The van der Waals surface area contributed by atoms with Gasteiger partial charge in [0.2, 0.25) is 0 Å². The van der Waals surface area contributed by atoms with E-state index in [4.69, 9.17) is 19.4 Å². The summed E-state index contributed by atoms with van der Waals surface area (Å²) in [6.45, 7) is 0. The summed E-state index contributed by atoms with van der Waals surface area (Å²) in [6, 6.07) is 48.8. The summed E-state index contributed by atoms with van der Waals surface area (Å²) < 4.78 is 9.09. The Morgan fingerprint density at radius 3 is 1.98 bits per heavy atom. The van der Waals surface area contributed by atoms with E-state index in [-0.39, 0.29) is 0 Å². The fourth-order valence-electron chi connectivity index (χ4n) is 7.57. The zero-order valence-electron chi connectivity index (χ0n) is 25.4. The topological polar surface area (TPSA) is 51.8 Å². The molecule has 1 aliphatic carbocycles. The van der Waals surface area contributed by atoms with Crippen molar-refractivity contribution < 1.29 is 4.42 Å². The van der Waals surface area contributed by atoms with E-state index >= 15 is 0 Å². The molecule has 0 bridgehead atoms. The lowest BCUT2D eigenvalue weighted by molar-refractivity contribution is 0.669. The lowest BCUT2D eigenvalue weighted by atomic mass is 9.98. The van der Waals surface area contributed by atoms with Gasteiger partial charge in [0.05, 0.1) is 5.56 Å². The maximum absolute atomic E-state index is 6.43. The molecule has 11 rings (SSSR count). The highest BCUT2D eigenvalue weighted by molar-refractivity contribution is 7.26. The molecule has 0 saturated heterocycles. The summed E-state index contributed by atoms with van der Waals surface area (Å²) in [5.74, 6) is 1.85. The van der Waals surface area contributed by atoms with Crippen LogP contribution in [-0.2, 0) is 0 Å². The molecule has 0 unspecified atom stereocenters. The second-order valence-corrected chi connectivity index (χ2v) is 13.4. The van der Waals surface area contributed by atoms with Crippen LogP contribution in [0.4, 0.5) is 0 Å². The van der Waals surface area contributed by atoms with Gasteiger partial charge in [0.15, 0.2) is 17.5 Å². The van der Waals surface area contributed by atoms with Crippen molar-refractivity contribution in [2.24, 2.45) is 0 Å². The molecule has 0 N–H and O–H groups in total. The molecule has 0 amide bonds. The van der Waals surface area contributed by atoms with Crippen molar-refractivity contribution in [1.82, 2.24) is 15.0 Å². The third kappa shape index (κ3) is 3.56. The Bertz CT molecular complexity index is 2960. The number of aromatic nitrogens is 3. The molecule has 7 aromatic carbocycles. The molecule has 0 saturated carbocycles. The molecular formula is C43H23N3OS. The number of furan rings is 1. The van der Waals surface area contributed by atoms with Crippen LogP contribution < -0.4 is 0 Å². The number of nitrogens with zero attached hydrogens (tertiary/aromatic N) is 3.